The fourth-order valence-electron chi connectivity index (χ4n) is 4.21. The average Bonchev–Trinajstić information content (AvgIpc) is 3.12. The van der Waals surface area contributed by atoms with Crippen LogP contribution in [0.25, 0.3) is 6.08 Å². The lowest BCUT2D eigenvalue weighted by molar-refractivity contribution is -0.139. The third kappa shape index (κ3) is 4.73. The Labute approximate surface area is 208 Å². The summed E-state index contributed by atoms with van der Waals surface area (Å²) >= 11 is 1.31. The Bertz CT molecular complexity index is 1470. The van der Waals surface area contributed by atoms with Crippen LogP contribution in [0.5, 0.6) is 5.75 Å². The van der Waals surface area contributed by atoms with E-state index in [0.29, 0.717) is 31.9 Å². The molecule has 0 aliphatic carbocycles. The van der Waals surface area contributed by atoms with Crippen molar-refractivity contribution in [1.82, 2.24) is 4.57 Å². The van der Waals surface area contributed by atoms with E-state index in [1.807, 2.05) is 42.5 Å². The quantitative estimate of drug-likeness (QED) is 0.505. The molecule has 0 N–H and O–H groups in total. The van der Waals surface area contributed by atoms with Crippen LogP contribution in [0.2, 0.25) is 0 Å². The molecule has 1 aliphatic rings. The lowest BCUT2D eigenvalue weighted by atomic mass is 9.87. The van der Waals surface area contributed by atoms with Crippen molar-refractivity contribution in [1.29, 1.82) is 0 Å². The Kier molecular flexibility index (Phi) is 6.81. The number of thiazole rings is 1. The first-order valence-corrected chi connectivity index (χ1v) is 12.4. The van der Waals surface area contributed by atoms with Gasteiger partial charge in [-0.3, -0.25) is 9.36 Å². The molecule has 182 valence electrons. The van der Waals surface area contributed by atoms with Crippen LogP contribution in [-0.2, 0) is 14.9 Å². The minimum absolute atomic E-state index is 0.0492. The summed E-state index contributed by atoms with van der Waals surface area (Å²) in [6.07, 6.45) is 1.87. The van der Waals surface area contributed by atoms with Gasteiger partial charge in [-0.1, -0.05) is 74.6 Å². The van der Waals surface area contributed by atoms with Gasteiger partial charge in [0.1, 0.15) is 11.8 Å². The monoisotopic (exact) mass is 490 g/mol. The fourth-order valence-corrected chi connectivity index (χ4v) is 5.26. The number of para-hydroxylation sites is 1. The largest absolute Gasteiger partial charge is 0.496 e. The van der Waals surface area contributed by atoms with Crippen LogP contribution in [0, 0.1) is 0 Å². The van der Waals surface area contributed by atoms with Gasteiger partial charge in [-0.25, -0.2) is 9.79 Å². The van der Waals surface area contributed by atoms with Crippen molar-refractivity contribution >= 4 is 23.4 Å². The Morgan fingerprint density at radius 3 is 2.46 bits per heavy atom. The van der Waals surface area contributed by atoms with E-state index in [2.05, 4.69) is 37.9 Å². The molecule has 0 bridgehead atoms. The Morgan fingerprint density at radius 1 is 1.14 bits per heavy atom. The number of esters is 1. The van der Waals surface area contributed by atoms with Crippen LogP contribution in [0.15, 0.2) is 69.6 Å². The highest BCUT2D eigenvalue weighted by Gasteiger charge is 2.34. The number of allylic oxidation sites excluding steroid dienone is 1. The van der Waals surface area contributed by atoms with E-state index in [1.54, 1.807) is 25.5 Å². The van der Waals surface area contributed by atoms with Gasteiger partial charge in [0.25, 0.3) is 5.56 Å². The zero-order valence-electron chi connectivity index (χ0n) is 20.9. The van der Waals surface area contributed by atoms with E-state index in [9.17, 15) is 9.59 Å². The molecular formula is C28H30N2O4S. The standard InChI is InChI=1S/C28H30N2O4S/c1-7-34-26(32)23-17(2)29-27-30(24(23)20-10-8-9-11-21(20)33-6)25(31)22(35-27)16-18-12-14-19(15-13-18)28(3,4)5/h8-16,24H,7H2,1-6H3/b22-16+/t24-/m0/s1. The smallest absolute Gasteiger partial charge is 0.338 e. The van der Waals surface area contributed by atoms with Crippen LogP contribution >= 0.6 is 11.3 Å². The molecule has 2 heterocycles. The summed E-state index contributed by atoms with van der Waals surface area (Å²) in [6.45, 7) is 10.3. The summed E-state index contributed by atoms with van der Waals surface area (Å²) in [4.78, 5) is 31.9. The second-order valence-electron chi connectivity index (χ2n) is 9.42. The van der Waals surface area contributed by atoms with Gasteiger partial charge in [-0.05, 0) is 42.5 Å². The minimum Gasteiger partial charge on any atom is -0.496 e. The van der Waals surface area contributed by atoms with E-state index >= 15 is 0 Å². The van der Waals surface area contributed by atoms with Gasteiger partial charge in [0.15, 0.2) is 4.80 Å². The maximum atomic E-state index is 13.7. The van der Waals surface area contributed by atoms with Gasteiger partial charge in [0, 0.05) is 5.56 Å². The van der Waals surface area contributed by atoms with Crippen molar-refractivity contribution in [2.75, 3.05) is 13.7 Å². The first-order chi connectivity index (χ1) is 16.7. The maximum Gasteiger partial charge on any atom is 0.338 e. The van der Waals surface area contributed by atoms with Crippen LogP contribution < -0.4 is 19.6 Å². The Morgan fingerprint density at radius 2 is 1.83 bits per heavy atom. The number of nitrogens with zero attached hydrogens (tertiary/aromatic N) is 2. The first-order valence-electron chi connectivity index (χ1n) is 11.6. The normalized spacial score (nSPS) is 16.1. The Hall–Kier alpha value is -3.45. The molecule has 6 nitrogen and oxygen atoms in total. The molecular weight excluding hydrogens is 460 g/mol. The highest BCUT2D eigenvalue weighted by atomic mass is 32.1. The zero-order chi connectivity index (χ0) is 25.3. The second kappa shape index (κ2) is 9.66. The lowest BCUT2D eigenvalue weighted by Crippen LogP contribution is -2.40. The molecule has 0 radical (unpaired) electrons. The van der Waals surface area contributed by atoms with Crippen molar-refractivity contribution in [3.8, 4) is 5.75 Å². The summed E-state index contributed by atoms with van der Waals surface area (Å²) < 4.78 is 13.1. The molecule has 2 aromatic carbocycles. The van der Waals surface area contributed by atoms with Crippen LogP contribution in [0.1, 0.15) is 57.4 Å². The maximum absolute atomic E-state index is 13.7. The number of carbonyl (C=O) groups excluding carboxylic acids is 1. The molecule has 0 amide bonds. The molecule has 1 aliphatic heterocycles. The third-order valence-electron chi connectivity index (χ3n) is 6.03. The van der Waals surface area contributed by atoms with Crippen LogP contribution in [0.3, 0.4) is 0 Å². The molecule has 4 rings (SSSR count). The molecule has 1 aromatic heterocycles. The topological polar surface area (TPSA) is 69.9 Å². The van der Waals surface area contributed by atoms with Crippen molar-refractivity contribution < 1.29 is 14.3 Å². The molecule has 7 heteroatoms. The molecule has 0 fully saturated rings. The van der Waals surface area contributed by atoms with Crippen molar-refractivity contribution in [2.45, 2.75) is 46.1 Å². The van der Waals surface area contributed by atoms with E-state index in [-0.39, 0.29) is 17.6 Å². The highest BCUT2D eigenvalue weighted by Crippen LogP contribution is 2.35. The predicted octanol–water partition coefficient (Wildman–Crippen LogP) is 4.10. The number of benzene rings is 2. The van der Waals surface area contributed by atoms with Gasteiger partial charge in [-0.15, -0.1) is 0 Å². The summed E-state index contributed by atoms with van der Waals surface area (Å²) in [6, 6.07) is 14.9. The number of ether oxygens (including phenoxy) is 2. The summed E-state index contributed by atoms with van der Waals surface area (Å²) in [5.74, 6) is 0.0954. The Balaban J connectivity index is 1.92. The van der Waals surface area contributed by atoms with Crippen molar-refractivity contribution in [3.05, 3.63) is 96.2 Å². The molecule has 0 saturated heterocycles. The van der Waals surface area contributed by atoms with Gasteiger partial charge in [-0.2, -0.15) is 0 Å². The molecule has 0 saturated carbocycles. The summed E-state index contributed by atoms with van der Waals surface area (Å²) in [5, 5.41) is 0. The van der Waals surface area contributed by atoms with Crippen LogP contribution in [-0.4, -0.2) is 24.3 Å². The summed E-state index contributed by atoms with van der Waals surface area (Å²) in [5.41, 5.74) is 3.56. The number of carbonyl (C=O) groups is 1. The number of aromatic nitrogens is 1. The lowest BCUT2D eigenvalue weighted by Gasteiger charge is -2.25. The van der Waals surface area contributed by atoms with E-state index in [0.717, 1.165) is 5.56 Å². The zero-order valence-corrected chi connectivity index (χ0v) is 21.7. The predicted molar refractivity (Wildman–Crippen MR) is 139 cm³/mol. The van der Waals surface area contributed by atoms with E-state index in [4.69, 9.17) is 9.47 Å². The van der Waals surface area contributed by atoms with E-state index < -0.39 is 12.0 Å². The van der Waals surface area contributed by atoms with Crippen LogP contribution in [0.4, 0.5) is 0 Å². The minimum atomic E-state index is -0.702. The third-order valence-corrected chi connectivity index (χ3v) is 7.01. The van der Waals surface area contributed by atoms with Gasteiger partial charge >= 0.3 is 5.97 Å². The van der Waals surface area contributed by atoms with Crippen molar-refractivity contribution in [3.63, 3.8) is 0 Å². The van der Waals surface area contributed by atoms with E-state index in [1.165, 1.54) is 16.9 Å². The molecule has 0 spiro atoms. The molecule has 1 atom stereocenters. The number of rotatable bonds is 5. The number of fused-ring (bicyclic) bond motifs is 1. The molecule has 0 unspecified atom stereocenters. The highest BCUT2D eigenvalue weighted by molar-refractivity contribution is 7.07. The molecule has 3 aromatic rings. The van der Waals surface area contributed by atoms with Gasteiger partial charge in [0.05, 0.1) is 29.5 Å². The number of hydrogen-bond acceptors (Lipinski definition) is 6. The number of hydrogen-bond donors (Lipinski definition) is 0. The number of methoxy groups -OCH3 is 1. The van der Waals surface area contributed by atoms with Gasteiger partial charge in [0.2, 0.25) is 0 Å². The summed E-state index contributed by atoms with van der Waals surface area (Å²) in [7, 11) is 1.57. The SMILES string of the molecule is CCOC(=O)C1=C(C)N=c2s/c(=C/c3ccc(C(C)(C)C)cc3)c(=O)n2[C@H]1c1ccccc1OC. The first kappa shape index (κ1) is 24.7. The average molecular weight is 491 g/mol. The fraction of sp³-hybridized carbons (Fsp3) is 0.321. The molecule has 35 heavy (non-hydrogen) atoms. The van der Waals surface area contributed by atoms with Crippen molar-refractivity contribution in [2.24, 2.45) is 4.99 Å². The van der Waals surface area contributed by atoms with Gasteiger partial charge < -0.3 is 9.47 Å². The second-order valence-corrected chi connectivity index (χ2v) is 10.4.